The zero-order valence-electron chi connectivity index (χ0n) is 12.7. The number of carbonyl (C=O) groups excluding carboxylic acids is 1. The Labute approximate surface area is 122 Å². The maximum atomic E-state index is 11.7. The molecule has 20 heavy (non-hydrogen) atoms. The zero-order valence-corrected chi connectivity index (χ0v) is 13.5. The maximum absolute atomic E-state index is 11.7. The lowest BCUT2D eigenvalue weighted by Gasteiger charge is -2.22. The van der Waals surface area contributed by atoms with Gasteiger partial charge >= 0.3 is 0 Å². The summed E-state index contributed by atoms with van der Waals surface area (Å²) in [5.41, 5.74) is 0. The van der Waals surface area contributed by atoms with E-state index >= 15 is 0 Å². The highest BCUT2D eigenvalue weighted by molar-refractivity contribution is 7.91. The van der Waals surface area contributed by atoms with Gasteiger partial charge in [0.15, 0.2) is 9.84 Å². The fraction of sp³-hybridized carbons (Fsp3) is 0.929. The van der Waals surface area contributed by atoms with Gasteiger partial charge in [-0.05, 0) is 44.2 Å². The summed E-state index contributed by atoms with van der Waals surface area (Å²) in [4.78, 5) is 11.6. The number of hydrogen-bond acceptors (Lipinski definition) is 4. The minimum Gasteiger partial charge on any atom is -0.356 e. The van der Waals surface area contributed by atoms with Gasteiger partial charge in [-0.3, -0.25) is 4.79 Å². The molecule has 1 unspecified atom stereocenters. The molecular weight excluding hydrogens is 276 g/mol. The third-order valence-electron chi connectivity index (χ3n) is 3.50. The van der Waals surface area contributed by atoms with E-state index in [1.807, 2.05) is 13.8 Å². The van der Waals surface area contributed by atoms with Gasteiger partial charge in [0, 0.05) is 13.0 Å². The van der Waals surface area contributed by atoms with E-state index in [0.717, 1.165) is 19.5 Å². The molecule has 2 N–H and O–H groups in total. The second-order valence-electron chi connectivity index (χ2n) is 6.11. The van der Waals surface area contributed by atoms with Crippen LogP contribution in [0.1, 0.15) is 39.5 Å². The number of rotatable bonds is 8. The van der Waals surface area contributed by atoms with Crippen molar-refractivity contribution in [3.05, 3.63) is 0 Å². The highest BCUT2D eigenvalue weighted by Crippen LogP contribution is 2.12. The van der Waals surface area contributed by atoms with Crippen LogP contribution in [0.15, 0.2) is 0 Å². The zero-order chi connectivity index (χ0) is 15.0. The molecule has 1 amide bonds. The quantitative estimate of drug-likeness (QED) is 0.700. The molecule has 5 nitrogen and oxygen atoms in total. The number of carbonyl (C=O) groups is 1. The van der Waals surface area contributed by atoms with Crippen molar-refractivity contribution in [1.82, 2.24) is 10.6 Å². The third-order valence-corrected chi connectivity index (χ3v) is 5.50. The van der Waals surface area contributed by atoms with Crippen molar-refractivity contribution in [3.8, 4) is 0 Å². The summed E-state index contributed by atoms with van der Waals surface area (Å²) >= 11 is 0. The van der Waals surface area contributed by atoms with E-state index < -0.39 is 9.84 Å². The average Bonchev–Trinajstić information content (AvgIpc) is 2.36. The molecule has 1 aliphatic rings. The standard InChI is InChI=1S/C14H28N2O3S/c1-12(2)11-20(18,19)9-6-14(17)16-8-5-13-4-3-7-15-10-13/h12-13,15H,3-11H2,1-2H3,(H,16,17). The lowest BCUT2D eigenvalue weighted by molar-refractivity contribution is -0.120. The van der Waals surface area contributed by atoms with Crippen molar-refractivity contribution < 1.29 is 13.2 Å². The SMILES string of the molecule is CC(C)CS(=O)(=O)CCC(=O)NCCC1CCCNC1. The van der Waals surface area contributed by atoms with Crippen LogP contribution in [0.4, 0.5) is 0 Å². The van der Waals surface area contributed by atoms with Crippen molar-refractivity contribution in [1.29, 1.82) is 0 Å². The summed E-state index contributed by atoms with van der Waals surface area (Å²) in [5.74, 6) is 0.715. The first-order chi connectivity index (χ1) is 9.39. The molecule has 0 spiro atoms. The molecule has 118 valence electrons. The van der Waals surface area contributed by atoms with Gasteiger partial charge in [-0.2, -0.15) is 0 Å². The van der Waals surface area contributed by atoms with Gasteiger partial charge in [0.05, 0.1) is 11.5 Å². The molecule has 1 rings (SSSR count). The van der Waals surface area contributed by atoms with Crippen LogP contribution < -0.4 is 10.6 Å². The van der Waals surface area contributed by atoms with E-state index in [2.05, 4.69) is 10.6 Å². The van der Waals surface area contributed by atoms with E-state index in [9.17, 15) is 13.2 Å². The largest absolute Gasteiger partial charge is 0.356 e. The first-order valence-corrected chi connectivity index (χ1v) is 9.39. The van der Waals surface area contributed by atoms with Crippen LogP contribution in [-0.4, -0.2) is 45.5 Å². The van der Waals surface area contributed by atoms with Gasteiger partial charge < -0.3 is 10.6 Å². The Morgan fingerprint density at radius 2 is 2.15 bits per heavy atom. The molecule has 0 aromatic heterocycles. The van der Waals surface area contributed by atoms with Crippen LogP contribution in [0, 0.1) is 11.8 Å². The van der Waals surface area contributed by atoms with Gasteiger partial charge in [-0.1, -0.05) is 13.8 Å². The summed E-state index contributed by atoms with van der Waals surface area (Å²) in [5, 5.41) is 6.17. The highest BCUT2D eigenvalue weighted by Gasteiger charge is 2.16. The fourth-order valence-electron chi connectivity index (χ4n) is 2.51. The number of sulfone groups is 1. The molecule has 1 aliphatic heterocycles. The first-order valence-electron chi connectivity index (χ1n) is 7.57. The molecule has 0 aliphatic carbocycles. The van der Waals surface area contributed by atoms with Gasteiger partial charge in [0.25, 0.3) is 0 Å². The van der Waals surface area contributed by atoms with Gasteiger partial charge in [0.2, 0.25) is 5.91 Å². The molecule has 6 heteroatoms. The van der Waals surface area contributed by atoms with Gasteiger partial charge in [0.1, 0.15) is 0 Å². The van der Waals surface area contributed by atoms with Crippen molar-refractivity contribution in [3.63, 3.8) is 0 Å². The monoisotopic (exact) mass is 304 g/mol. The fourth-order valence-corrected chi connectivity index (χ4v) is 4.19. The van der Waals surface area contributed by atoms with E-state index in [4.69, 9.17) is 0 Å². The van der Waals surface area contributed by atoms with Gasteiger partial charge in [-0.25, -0.2) is 8.42 Å². The second kappa shape index (κ2) is 8.62. The molecule has 0 radical (unpaired) electrons. The van der Waals surface area contributed by atoms with Crippen molar-refractivity contribution >= 4 is 15.7 Å². The van der Waals surface area contributed by atoms with E-state index in [-0.39, 0.29) is 29.8 Å². The minimum atomic E-state index is -3.09. The Hall–Kier alpha value is -0.620. The van der Waals surface area contributed by atoms with Crippen molar-refractivity contribution in [2.24, 2.45) is 11.8 Å². The number of piperidine rings is 1. The summed E-state index contributed by atoms with van der Waals surface area (Å²) < 4.78 is 23.4. The lowest BCUT2D eigenvalue weighted by atomic mass is 9.96. The average molecular weight is 304 g/mol. The maximum Gasteiger partial charge on any atom is 0.221 e. The normalized spacial score (nSPS) is 20.1. The van der Waals surface area contributed by atoms with Crippen LogP contribution in [0.3, 0.4) is 0 Å². The molecule has 0 aromatic rings. The van der Waals surface area contributed by atoms with Crippen LogP contribution in [0.25, 0.3) is 0 Å². The van der Waals surface area contributed by atoms with Crippen LogP contribution in [0.2, 0.25) is 0 Å². The molecule has 1 saturated heterocycles. The Bertz CT molecular complexity index is 387. The minimum absolute atomic E-state index is 0.0397. The predicted octanol–water partition coefficient (Wildman–Crippen LogP) is 0.953. The molecule has 0 bridgehead atoms. The van der Waals surface area contributed by atoms with Crippen LogP contribution in [0.5, 0.6) is 0 Å². The highest BCUT2D eigenvalue weighted by atomic mass is 32.2. The summed E-state index contributed by atoms with van der Waals surface area (Å²) in [6.07, 6.45) is 3.47. The van der Waals surface area contributed by atoms with E-state index in [1.165, 1.54) is 12.8 Å². The number of nitrogens with one attached hydrogen (secondary N) is 2. The Morgan fingerprint density at radius 3 is 2.75 bits per heavy atom. The van der Waals surface area contributed by atoms with Crippen molar-refractivity contribution in [2.45, 2.75) is 39.5 Å². The molecule has 0 saturated carbocycles. The smallest absolute Gasteiger partial charge is 0.221 e. The van der Waals surface area contributed by atoms with E-state index in [1.54, 1.807) is 0 Å². The first kappa shape index (κ1) is 17.4. The second-order valence-corrected chi connectivity index (χ2v) is 8.34. The summed E-state index contributed by atoms with van der Waals surface area (Å²) in [7, 11) is -3.09. The molecule has 1 fully saturated rings. The van der Waals surface area contributed by atoms with Crippen LogP contribution >= 0.6 is 0 Å². The van der Waals surface area contributed by atoms with Crippen LogP contribution in [-0.2, 0) is 14.6 Å². The molecule has 0 aromatic carbocycles. The number of hydrogen-bond donors (Lipinski definition) is 2. The Balaban J connectivity index is 2.13. The Morgan fingerprint density at radius 1 is 1.40 bits per heavy atom. The summed E-state index contributed by atoms with van der Waals surface area (Å²) in [6.45, 7) is 6.51. The molecule has 1 atom stereocenters. The number of amides is 1. The predicted molar refractivity (Wildman–Crippen MR) is 81.3 cm³/mol. The van der Waals surface area contributed by atoms with Crippen molar-refractivity contribution in [2.75, 3.05) is 31.1 Å². The topological polar surface area (TPSA) is 75.3 Å². The van der Waals surface area contributed by atoms with Gasteiger partial charge in [-0.15, -0.1) is 0 Å². The Kier molecular flexibility index (Phi) is 7.51. The third kappa shape index (κ3) is 7.85. The lowest BCUT2D eigenvalue weighted by Crippen LogP contribution is -2.33. The summed E-state index contributed by atoms with van der Waals surface area (Å²) in [6, 6.07) is 0. The molecule has 1 heterocycles. The molecular formula is C14H28N2O3S. The van der Waals surface area contributed by atoms with E-state index in [0.29, 0.717) is 12.5 Å².